The Balaban J connectivity index is 1.95. The van der Waals surface area contributed by atoms with E-state index >= 15 is 0 Å². The van der Waals surface area contributed by atoms with E-state index in [0.717, 1.165) is 25.9 Å². The van der Waals surface area contributed by atoms with Crippen molar-refractivity contribution in [1.82, 2.24) is 10.4 Å². The van der Waals surface area contributed by atoms with Gasteiger partial charge in [-0.1, -0.05) is 0 Å². The van der Waals surface area contributed by atoms with Crippen molar-refractivity contribution >= 4 is 0 Å². The first-order chi connectivity index (χ1) is 8.13. The Hall–Kier alpha value is -0.280. The summed E-state index contributed by atoms with van der Waals surface area (Å²) in [4.78, 5) is 0. The number of hydrazine groups is 1. The lowest BCUT2D eigenvalue weighted by atomic mass is 9.99. The minimum absolute atomic E-state index is 0.400. The molecule has 0 spiro atoms. The maximum Gasteiger partial charge on any atom is 0.150 e. The van der Waals surface area contributed by atoms with Crippen molar-refractivity contribution in [2.45, 2.75) is 43.5 Å². The van der Waals surface area contributed by atoms with E-state index in [2.05, 4.69) is 5.43 Å². The summed E-state index contributed by atoms with van der Waals surface area (Å²) in [5.74, 6) is 0. The van der Waals surface area contributed by atoms with E-state index in [0.29, 0.717) is 0 Å². The topological polar surface area (TPSA) is 105 Å². The normalized spacial score (nSPS) is 44.1. The fraction of sp³-hybridized carbons (Fsp3) is 1.00. The zero-order valence-electron chi connectivity index (χ0n) is 9.57. The average molecular weight is 248 g/mol. The van der Waals surface area contributed by atoms with Gasteiger partial charge in [0.1, 0.15) is 30.6 Å². The molecule has 0 bridgehead atoms. The Morgan fingerprint density at radius 2 is 1.71 bits per heavy atom. The lowest BCUT2D eigenvalue weighted by Crippen LogP contribution is -2.64. The van der Waals surface area contributed by atoms with E-state index in [1.54, 1.807) is 0 Å². The van der Waals surface area contributed by atoms with Crippen LogP contribution < -0.4 is 5.43 Å². The number of aliphatic hydroxyl groups is 4. The molecule has 5 N–H and O–H groups in total. The van der Waals surface area contributed by atoms with Gasteiger partial charge in [-0.3, -0.25) is 0 Å². The van der Waals surface area contributed by atoms with Gasteiger partial charge in [0.25, 0.3) is 0 Å². The number of nitrogens with zero attached hydrogens (tertiary/aromatic N) is 1. The molecule has 2 fully saturated rings. The number of hydrogen-bond acceptors (Lipinski definition) is 7. The van der Waals surface area contributed by atoms with Gasteiger partial charge in [-0.05, 0) is 12.8 Å². The number of rotatable bonds is 3. The van der Waals surface area contributed by atoms with Crippen LogP contribution in [0.4, 0.5) is 0 Å². The Morgan fingerprint density at radius 3 is 2.29 bits per heavy atom. The first-order valence-corrected chi connectivity index (χ1v) is 5.95. The van der Waals surface area contributed by atoms with Gasteiger partial charge in [-0.15, -0.1) is 0 Å². The second-order valence-electron chi connectivity index (χ2n) is 4.57. The highest BCUT2D eigenvalue weighted by Crippen LogP contribution is 2.20. The monoisotopic (exact) mass is 248 g/mol. The van der Waals surface area contributed by atoms with E-state index in [1.807, 2.05) is 5.01 Å². The van der Waals surface area contributed by atoms with Gasteiger partial charge in [0, 0.05) is 13.1 Å². The van der Waals surface area contributed by atoms with Crippen molar-refractivity contribution < 1.29 is 25.2 Å². The van der Waals surface area contributed by atoms with Gasteiger partial charge >= 0.3 is 0 Å². The van der Waals surface area contributed by atoms with Gasteiger partial charge in [0.15, 0.2) is 0 Å². The van der Waals surface area contributed by atoms with Crippen molar-refractivity contribution in [3.63, 3.8) is 0 Å². The molecule has 2 aliphatic rings. The summed E-state index contributed by atoms with van der Waals surface area (Å²) in [6, 6.07) is 0. The first kappa shape index (κ1) is 13.2. The third-order valence-electron chi connectivity index (χ3n) is 3.31. The molecule has 0 radical (unpaired) electrons. The Labute approximate surface area is 99.6 Å². The fourth-order valence-electron chi connectivity index (χ4n) is 2.23. The highest BCUT2D eigenvalue weighted by molar-refractivity contribution is 4.90. The Kier molecular flexibility index (Phi) is 4.31. The largest absolute Gasteiger partial charge is 0.394 e. The molecule has 0 aliphatic carbocycles. The summed E-state index contributed by atoms with van der Waals surface area (Å²) in [6.45, 7) is 1.31. The van der Waals surface area contributed by atoms with Crippen LogP contribution in [0.1, 0.15) is 12.8 Å². The van der Waals surface area contributed by atoms with Crippen LogP contribution in [0, 0.1) is 0 Å². The van der Waals surface area contributed by atoms with Gasteiger partial charge in [-0.2, -0.15) is 0 Å². The maximum absolute atomic E-state index is 9.78. The standard InChI is InChI=1S/C10H20N2O5/c13-5-6-7(14)8(15)9(16)10(17-6)11-12-3-1-2-4-12/h6-11,13-16H,1-5H2/t6-,7-,8+,9-,10?/m1/s1. The van der Waals surface area contributed by atoms with Crippen molar-refractivity contribution in [3.8, 4) is 0 Å². The molecule has 2 heterocycles. The van der Waals surface area contributed by atoms with Crippen molar-refractivity contribution in [2.75, 3.05) is 19.7 Å². The lowest BCUT2D eigenvalue weighted by molar-refractivity contribution is -0.246. The van der Waals surface area contributed by atoms with E-state index in [1.165, 1.54) is 0 Å². The first-order valence-electron chi connectivity index (χ1n) is 5.95. The predicted molar refractivity (Wildman–Crippen MR) is 57.7 cm³/mol. The van der Waals surface area contributed by atoms with Crippen LogP contribution in [0.2, 0.25) is 0 Å². The molecule has 2 saturated heterocycles. The number of nitrogens with one attached hydrogen (secondary N) is 1. The Bertz CT molecular complexity index is 245. The molecule has 5 atom stereocenters. The zero-order chi connectivity index (χ0) is 12.4. The summed E-state index contributed by atoms with van der Waals surface area (Å²) in [5.41, 5.74) is 2.96. The van der Waals surface area contributed by atoms with Crippen LogP contribution in [0.25, 0.3) is 0 Å². The highest BCUT2D eigenvalue weighted by Gasteiger charge is 2.43. The average Bonchev–Trinajstić information content (AvgIpc) is 2.83. The molecule has 7 nitrogen and oxygen atoms in total. The highest BCUT2D eigenvalue weighted by atomic mass is 16.6. The molecule has 100 valence electrons. The quantitative estimate of drug-likeness (QED) is 0.372. The third kappa shape index (κ3) is 2.76. The minimum Gasteiger partial charge on any atom is -0.394 e. The van der Waals surface area contributed by atoms with Gasteiger partial charge < -0.3 is 25.2 Å². The minimum atomic E-state index is -1.32. The second-order valence-corrected chi connectivity index (χ2v) is 4.57. The van der Waals surface area contributed by atoms with E-state index in [4.69, 9.17) is 9.84 Å². The van der Waals surface area contributed by atoms with Crippen molar-refractivity contribution in [1.29, 1.82) is 0 Å². The maximum atomic E-state index is 9.78. The zero-order valence-corrected chi connectivity index (χ0v) is 9.57. The lowest BCUT2D eigenvalue weighted by Gasteiger charge is -2.41. The summed E-state index contributed by atoms with van der Waals surface area (Å²) in [7, 11) is 0. The molecule has 2 rings (SSSR count). The molecule has 2 aliphatic heterocycles. The molecule has 0 aromatic carbocycles. The van der Waals surface area contributed by atoms with E-state index < -0.39 is 37.3 Å². The number of aliphatic hydroxyl groups excluding tert-OH is 4. The Morgan fingerprint density at radius 1 is 1.06 bits per heavy atom. The SMILES string of the molecule is OC[C@H]1OC(NN2CCCC2)[C@H](O)[C@@H](O)[C@@H]1O. The van der Waals surface area contributed by atoms with E-state index in [9.17, 15) is 15.3 Å². The molecular formula is C10H20N2O5. The fourth-order valence-corrected chi connectivity index (χ4v) is 2.23. The third-order valence-corrected chi connectivity index (χ3v) is 3.31. The van der Waals surface area contributed by atoms with Gasteiger partial charge in [0.05, 0.1) is 6.61 Å². The molecule has 1 unspecified atom stereocenters. The predicted octanol–water partition coefficient (Wildman–Crippen LogP) is -2.61. The van der Waals surface area contributed by atoms with Crippen LogP contribution in [0.5, 0.6) is 0 Å². The van der Waals surface area contributed by atoms with Crippen molar-refractivity contribution in [3.05, 3.63) is 0 Å². The second kappa shape index (κ2) is 5.57. The van der Waals surface area contributed by atoms with Crippen molar-refractivity contribution in [2.24, 2.45) is 0 Å². The van der Waals surface area contributed by atoms with Crippen LogP contribution in [0.15, 0.2) is 0 Å². The molecule has 7 heteroatoms. The molecule has 0 aromatic heterocycles. The molecule has 0 saturated carbocycles. The van der Waals surface area contributed by atoms with E-state index in [-0.39, 0.29) is 0 Å². The van der Waals surface area contributed by atoms with Gasteiger partial charge in [-0.25, -0.2) is 10.4 Å². The summed E-state index contributed by atoms with van der Waals surface area (Å²) in [6.07, 6.45) is -3.34. The van der Waals surface area contributed by atoms with Gasteiger partial charge in [0.2, 0.25) is 0 Å². The summed E-state index contributed by atoms with van der Waals surface area (Å²) >= 11 is 0. The summed E-state index contributed by atoms with van der Waals surface area (Å²) < 4.78 is 5.33. The summed E-state index contributed by atoms with van der Waals surface area (Å²) in [5, 5.41) is 39.9. The molecule has 17 heavy (non-hydrogen) atoms. The van der Waals surface area contributed by atoms with Crippen LogP contribution in [-0.4, -0.2) is 75.8 Å². The molecule has 0 aromatic rings. The smallest absolute Gasteiger partial charge is 0.150 e. The van der Waals surface area contributed by atoms with Crippen LogP contribution in [0.3, 0.4) is 0 Å². The molecular weight excluding hydrogens is 228 g/mol. The molecule has 0 amide bonds. The van der Waals surface area contributed by atoms with Crippen LogP contribution >= 0.6 is 0 Å². The number of ether oxygens (including phenoxy) is 1. The number of hydrogen-bond donors (Lipinski definition) is 5. The van der Waals surface area contributed by atoms with Crippen LogP contribution in [-0.2, 0) is 4.74 Å².